The number of amidine groups is 1. The maximum atomic E-state index is 12.0. The molecule has 1 aromatic carbocycles. The van der Waals surface area contributed by atoms with E-state index in [2.05, 4.69) is 15.3 Å². The molecule has 1 aromatic heterocycles. The molecule has 104 valence electrons. The van der Waals surface area contributed by atoms with Gasteiger partial charge in [0, 0.05) is 11.8 Å². The molecule has 0 spiro atoms. The van der Waals surface area contributed by atoms with Crippen LogP contribution in [0.15, 0.2) is 59.4 Å². The Morgan fingerprint density at radius 1 is 1.14 bits per heavy atom. The van der Waals surface area contributed by atoms with Crippen LogP contribution in [0.2, 0.25) is 0 Å². The van der Waals surface area contributed by atoms with E-state index < -0.39 is 0 Å². The summed E-state index contributed by atoms with van der Waals surface area (Å²) < 4.78 is 5.27. The molecule has 5 heteroatoms. The SMILES string of the molecule is COc1ccccc1/C=C1\N=C(c2ccccn2)NC1=O. The van der Waals surface area contributed by atoms with Crippen LogP contribution in [0.4, 0.5) is 0 Å². The topological polar surface area (TPSA) is 63.6 Å². The number of hydrogen-bond acceptors (Lipinski definition) is 4. The molecule has 0 saturated carbocycles. The largest absolute Gasteiger partial charge is 0.496 e. The minimum atomic E-state index is -0.249. The van der Waals surface area contributed by atoms with Crippen molar-refractivity contribution in [1.29, 1.82) is 0 Å². The molecule has 0 bridgehead atoms. The fourth-order valence-corrected chi connectivity index (χ4v) is 2.03. The van der Waals surface area contributed by atoms with Crippen LogP contribution >= 0.6 is 0 Å². The first-order valence-corrected chi connectivity index (χ1v) is 6.44. The van der Waals surface area contributed by atoms with Crippen LogP contribution in [-0.4, -0.2) is 23.8 Å². The van der Waals surface area contributed by atoms with Gasteiger partial charge >= 0.3 is 0 Å². The van der Waals surface area contributed by atoms with Gasteiger partial charge in [0.15, 0.2) is 5.84 Å². The summed E-state index contributed by atoms with van der Waals surface area (Å²) in [5, 5.41) is 2.72. The van der Waals surface area contributed by atoms with Gasteiger partial charge in [0.1, 0.15) is 17.1 Å². The number of amides is 1. The number of aromatic nitrogens is 1. The lowest BCUT2D eigenvalue weighted by molar-refractivity contribution is -0.115. The summed E-state index contributed by atoms with van der Waals surface area (Å²) in [5.41, 5.74) is 1.77. The number of carbonyl (C=O) groups is 1. The van der Waals surface area contributed by atoms with Crippen LogP contribution in [0.5, 0.6) is 5.75 Å². The van der Waals surface area contributed by atoms with Gasteiger partial charge < -0.3 is 10.1 Å². The van der Waals surface area contributed by atoms with Gasteiger partial charge in [-0.2, -0.15) is 0 Å². The standard InChI is InChI=1S/C16H13N3O2/c1-21-14-8-3-2-6-11(14)10-13-16(20)19-15(18-13)12-7-4-5-9-17-12/h2-10H,1H3,(H,18,19,20)/b13-10-. The number of nitrogens with one attached hydrogen (secondary N) is 1. The Hall–Kier alpha value is -2.95. The fourth-order valence-electron chi connectivity index (χ4n) is 2.03. The van der Waals surface area contributed by atoms with Crippen molar-refractivity contribution < 1.29 is 9.53 Å². The zero-order valence-electron chi connectivity index (χ0n) is 11.4. The van der Waals surface area contributed by atoms with Crippen molar-refractivity contribution in [3.05, 3.63) is 65.6 Å². The van der Waals surface area contributed by atoms with E-state index in [9.17, 15) is 4.79 Å². The van der Waals surface area contributed by atoms with E-state index in [0.717, 1.165) is 5.56 Å². The lowest BCUT2D eigenvalue weighted by Crippen LogP contribution is -2.25. The van der Waals surface area contributed by atoms with Crippen molar-refractivity contribution in [3.63, 3.8) is 0 Å². The lowest BCUT2D eigenvalue weighted by Gasteiger charge is -2.03. The molecule has 0 fully saturated rings. The molecule has 21 heavy (non-hydrogen) atoms. The summed E-state index contributed by atoms with van der Waals surface area (Å²) in [5.74, 6) is 0.905. The van der Waals surface area contributed by atoms with Crippen LogP contribution < -0.4 is 10.1 Å². The zero-order chi connectivity index (χ0) is 14.7. The molecule has 0 radical (unpaired) electrons. The molecule has 0 aliphatic carbocycles. The number of nitrogens with zero attached hydrogens (tertiary/aromatic N) is 2. The summed E-state index contributed by atoms with van der Waals surface area (Å²) in [6.07, 6.45) is 3.36. The van der Waals surface area contributed by atoms with Crippen LogP contribution in [0.25, 0.3) is 6.08 Å². The highest BCUT2D eigenvalue weighted by atomic mass is 16.5. The smallest absolute Gasteiger partial charge is 0.275 e. The summed E-state index contributed by atoms with van der Waals surface area (Å²) in [7, 11) is 1.59. The Morgan fingerprint density at radius 3 is 2.71 bits per heavy atom. The number of pyridine rings is 1. The Balaban J connectivity index is 1.97. The second kappa shape index (κ2) is 5.58. The Bertz CT molecular complexity index is 736. The van der Waals surface area contributed by atoms with E-state index in [1.54, 1.807) is 25.4 Å². The van der Waals surface area contributed by atoms with Crippen molar-refractivity contribution in [3.8, 4) is 5.75 Å². The molecular weight excluding hydrogens is 266 g/mol. The Morgan fingerprint density at radius 2 is 1.95 bits per heavy atom. The molecule has 1 N–H and O–H groups in total. The van der Waals surface area contributed by atoms with Crippen molar-refractivity contribution in [2.75, 3.05) is 7.11 Å². The normalized spacial score (nSPS) is 15.8. The van der Waals surface area contributed by atoms with Gasteiger partial charge in [0.2, 0.25) is 0 Å². The second-order valence-corrected chi connectivity index (χ2v) is 4.40. The third kappa shape index (κ3) is 2.67. The summed E-state index contributed by atoms with van der Waals surface area (Å²) in [6.45, 7) is 0. The Kier molecular flexibility index (Phi) is 3.47. The average Bonchev–Trinajstić information content (AvgIpc) is 2.90. The number of aliphatic imine (C=N–C) groups is 1. The minimum Gasteiger partial charge on any atom is -0.496 e. The molecular formula is C16H13N3O2. The maximum Gasteiger partial charge on any atom is 0.275 e. The highest BCUT2D eigenvalue weighted by molar-refractivity contribution is 6.19. The average molecular weight is 279 g/mol. The van der Waals surface area contributed by atoms with Crippen molar-refractivity contribution in [2.24, 2.45) is 4.99 Å². The van der Waals surface area contributed by atoms with Gasteiger partial charge in [-0.25, -0.2) is 4.99 Å². The molecule has 1 aliphatic rings. The van der Waals surface area contributed by atoms with E-state index in [-0.39, 0.29) is 5.91 Å². The predicted octanol–water partition coefficient (Wildman–Crippen LogP) is 2.01. The molecule has 1 aliphatic heterocycles. The monoisotopic (exact) mass is 279 g/mol. The number of ether oxygens (including phenoxy) is 1. The van der Waals surface area contributed by atoms with Crippen molar-refractivity contribution in [1.82, 2.24) is 10.3 Å². The summed E-state index contributed by atoms with van der Waals surface area (Å²) in [4.78, 5) is 20.5. The lowest BCUT2D eigenvalue weighted by atomic mass is 10.1. The first-order valence-electron chi connectivity index (χ1n) is 6.44. The first kappa shape index (κ1) is 13.1. The third-order valence-corrected chi connectivity index (χ3v) is 3.04. The second-order valence-electron chi connectivity index (χ2n) is 4.40. The number of para-hydroxylation sites is 1. The number of rotatable bonds is 3. The highest BCUT2D eigenvalue weighted by Crippen LogP contribution is 2.22. The van der Waals surface area contributed by atoms with Crippen LogP contribution in [-0.2, 0) is 4.79 Å². The van der Waals surface area contributed by atoms with Gasteiger partial charge in [-0.1, -0.05) is 24.3 Å². The van der Waals surface area contributed by atoms with Gasteiger partial charge in [-0.3, -0.25) is 9.78 Å². The number of benzene rings is 1. The third-order valence-electron chi connectivity index (χ3n) is 3.04. The molecule has 0 atom stereocenters. The molecule has 1 amide bonds. The molecule has 5 nitrogen and oxygen atoms in total. The molecule has 0 saturated heterocycles. The van der Waals surface area contributed by atoms with Crippen LogP contribution in [0, 0.1) is 0 Å². The maximum absolute atomic E-state index is 12.0. The van der Waals surface area contributed by atoms with Crippen molar-refractivity contribution >= 4 is 17.8 Å². The van der Waals surface area contributed by atoms with E-state index in [1.807, 2.05) is 36.4 Å². The quantitative estimate of drug-likeness (QED) is 0.874. The van der Waals surface area contributed by atoms with E-state index in [4.69, 9.17) is 4.74 Å². The van der Waals surface area contributed by atoms with Crippen LogP contribution in [0.1, 0.15) is 11.3 Å². The zero-order valence-corrected chi connectivity index (χ0v) is 11.4. The van der Waals surface area contributed by atoms with Gasteiger partial charge in [0.05, 0.1) is 7.11 Å². The van der Waals surface area contributed by atoms with Gasteiger partial charge in [0.25, 0.3) is 5.91 Å². The van der Waals surface area contributed by atoms with Gasteiger partial charge in [-0.05, 0) is 24.3 Å². The number of carbonyl (C=O) groups excluding carboxylic acids is 1. The predicted molar refractivity (Wildman–Crippen MR) is 79.9 cm³/mol. The van der Waals surface area contributed by atoms with E-state index in [1.165, 1.54) is 0 Å². The number of methoxy groups -OCH3 is 1. The van der Waals surface area contributed by atoms with Gasteiger partial charge in [-0.15, -0.1) is 0 Å². The fraction of sp³-hybridized carbons (Fsp3) is 0.0625. The minimum absolute atomic E-state index is 0.249. The molecule has 2 heterocycles. The summed E-state index contributed by atoms with van der Waals surface area (Å²) in [6, 6.07) is 12.9. The van der Waals surface area contributed by atoms with Crippen LogP contribution in [0.3, 0.4) is 0 Å². The molecule has 2 aromatic rings. The van der Waals surface area contributed by atoms with E-state index in [0.29, 0.717) is 23.0 Å². The highest BCUT2D eigenvalue weighted by Gasteiger charge is 2.22. The first-order chi connectivity index (χ1) is 10.3. The summed E-state index contributed by atoms with van der Waals surface area (Å²) >= 11 is 0. The number of hydrogen-bond donors (Lipinski definition) is 1. The molecule has 0 unspecified atom stereocenters. The van der Waals surface area contributed by atoms with Crippen molar-refractivity contribution in [2.45, 2.75) is 0 Å². The Labute approximate surface area is 122 Å². The molecule has 3 rings (SSSR count). The van der Waals surface area contributed by atoms with E-state index >= 15 is 0 Å².